The number of aromatic nitrogens is 3. The van der Waals surface area contributed by atoms with Gasteiger partial charge in [0.05, 0.1) is 11.6 Å². The first-order valence-corrected chi connectivity index (χ1v) is 7.59. The Hall–Kier alpha value is -1.95. The van der Waals surface area contributed by atoms with Gasteiger partial charge in [-0.15, -0.1) is 0 Å². The van der Waals surface area contributed by atoms with E-state index in [1.54, 1.807) is 7.05 Å². The van der Waals surface area contributed by atoms with E-state index >= 15 is 0 Å². The highest BCUT2D eigenvalue weighted by Crippen LogP contribution is 2.14. The third kappa shape index (κ3) is 4.04. The standard InChI is InChI=1S/C15H23ClN6/c1-12-18-5-7-22(12)8-6-19-15(17-2)21(4)11-14-9-13(16)10-20(14)3/h5,7,9-10H,6,8,11H2,1-4H3,(H,17,19). The summed E-state index contributed by atoms with van der Waals surface area (Å²) in [5, 5.41) is 4.12. The summed E-state index contributed by atoms with van der Waals surface area (Å²) in [5.74, 6) is 1.87. The minimum absolute atomic E-state index is 0.743. The fraction of sp³-hybridized carbons (Fsp3) is 0.467. The number of halogens is 1. The van der Waals surface area contributed by atoms with Crippen LogP contribution in [-0.2, 0) is 20.1 Å². The molecule has 1 N–H and O–H groups in total. The highest BCUT2D eigenvalue weighted by Gasteiger charge is 2.09. The summed E-state index contributed by atoms with van der Waals surface area (Å²) in [7, 11) is 5.80. The lowest BCUT2D eigenvalue weighted by Crippen LogP contribution is -2.40. The van der Waals surface area contributed by atoms with Gasteiger partial charge in [0.25, 0.3) is 0 Å². The summed E-state index contributed by atoms with van der Waals surface area (Å²) >= 11 is 6.02. The van der Waals surface area contributed by atoms with Crippen LogP contribution < -0.4 is 5.32 Å². The maximum Gasteiger partial charge on any atom is 0.193 e. The minimum atomic E-state index is 0.743. The zero-order valence-corrected chi connectivity index (χ0v) is 14.3. The molecule has 0 aliphatic carbocycles. The number of nitrogens with zero attached hydrogens (tertiary/aromatic N) is 5. The molecule has 2 rings (SSSR count). The van der Waals surface area contributed by atoms with Gasteiger partial charge in [-0.1, -0.05) is 11.6 Å². The van der Waals surface area contributed by atoms with Gasteiger partial charge in [0.1, 0.15) is 5.82 Å². The molecule has 2 aromatic rings. The topological polar surface area (TPSA) is 50.4 Å². The summed E-state index contributed by atoms with van der Waals surface area (Å²) in [4.78, 5) is 10.6. The first-order chi connectivity index (χ1) is 10.5. The average Bonchev–Trinajstić information content (AvgIpc) is 3.01. The lowest BCUT2D eigenvalue weighted by molar-refractivity contribution is 0.459. The van der Waals surface area contributed by atoms with Crippen LogP contribution in [0.1, 0.15) is 11.5 Å². The van der Waals surface area contributed by atoms with E-state index in [1.807, 2.05) is 50.2 Å². The van der Waals surface area contributed by atoms with E-state index < -0.39 is 0 Å². The van der Waals surface area contributed by atoms with Crippen LogP contribution in [0.3, 0.4) is 0 Å². The molecule has 0 saturated heterocycles. The Morgan fingerprint density at radius 1 is 1.50 bits per heavy atom. The van der Waals surface area contributed by atoms with Crippen molar-refractivity contribution in [1.82, 2.24) is 24.3 Å². The smallest absolute Gasteiger partial charge is 0.193 e. The van der Waals surface area contributed by atoms with Crippen LogP contribution in [0, 0.1) is 6.92 Å². The Kier molecular flexibility index (Phi) is 5.49. The molecule has 2 heterocycles. The fourth-order valence-electron chi connectivity index (χ4n) is 2.35. The molecule has 120 valence electrons. The maximum atomic E-state index is 6.02. The zero-order chi connectivity index (χ0) is 16.1. The Balaban J connectivity index is 1.88. The Labute approximate surface area is 136 Å². The van der Waals surface area contributed by atoms with E-state index in [9.17, 15) is 0 Å². The summed E-state index contributed by atoms with van der Waals surface area (Å²) < 4.78 is 4.14. The van der Waals surface area contributed by atoms with Crippen molar-refractivity contribution < 1.29 is 0 Å². The largest absolute Gasteiger partial charge is 0.354 e. The number of aryl methyl sites for hydroxylation is 2. The molecule has 0 amide bonds. The number of aliphatic imine (C=N–C) groups is 1. The van der Waals surface area contributed by atoms with Gasteiger partial charge in [0.2, 0.25) is 0 Å². The van der Waals surface area contributed by atoms with Gasteiger partial charge in [-0.25, -0.2) is 4.98 Å². The monoisotopic (exact) mass is 322 g/mol. The van der Waals surface area contributed by atoms with Gasteiger partial charge >= 0.3 is 0 Å². The highest BCUT2D eigenvalue weighted by molar-refractivity contribution is 6.30. The molecule has 0 aliphatic rings. The van der Waals surface area contributed by atoms with E-state index in [0.29, 0.717) is 0 Å². The fourth-order valence-corrected chi connectivity index (χ4v) is 2.63. The molecule has 0 saturated carbocycles. The Morgan fingerprint density at radius 3 is 2.82 bits per heavy atom. The summed E-state index contributed by atoms with van der Waals surface area (Å²) in [6, 6.07) is 1.97. The predicted molar refractivity (Wildman–Crippen MR) is 90.2 cm³/mol. The molecule has 0 fully saturated rings. The lowest BCUT2D eigenvalue weighted by Gasteiger charge is -2.22. The summed E-state index contributed by atoms with van der Waals surface area (Å²) in [6.07, 6.45) is 5.70. The van der Waals surface area contributed by atoms with Crippen LogP contribution in [0.15, 0.2) is 29.6 Å². The first kappa shape index (κ1) is 16.4. The molecule has 0 radical (unpaired) electrons. The Morgan fingerprint density at radius 2 is 2.27 bits per heavy atom. The van der Waals surface area contributed by atoms with E-state index in [1.165, 1.54) is 0 Å². The second-order valence-electron chi connectivity index (χ2n) is 5.26. The van der Waals surface area contributed by atoms with Gasteiger partial charge in [-0.05, 0) is 13.0 Å². The SMILES string of the molecule is CN=C(NCCn1ccnc1C)N(C)Cc1cc(Cl)cn1C. The van der Waals surface area contributed by atoms with Crippen LogP contribution in [0.4, 0.5) is 0 Å². The summed E-state index contributed by atoms with van der Waals surface area (Å²) in [6.45, 7) is 4.39. The molecular formula is C15H23ClN6. The third-order valence-corrected chi connectivity index (χ3v) is 3.81. The van der Waals surface area contributed by atoms with Crippen molar-refractivity contribution in [2.24, 2.45) is 12.0 Å². The van der Waals surface area contributed by atoms with Gasteiger partial charge < -0.3 is 19.4 Å². The van der Waals surface area contributed by atoms with Crippen molar-refractivity contribution in [2.75, 3.05) is 20.6 Å². The van der Waals surface area contributed by atoms with Gasteiger partial charge in [0, 0.05) is 58.5 Å². The van der Waals surface area contributed by atoms with E-state index in [4.69, 9.17) is 11.6 Å². The van der Waals surface area contributed by atoms with Crippen LogP contribution in [0.5, 0.6) is 0 Å². The Bertz CT molecular complexity index is 642. The maximum absolute atomic E-state index is 6.02. The molecule has 7 heteroatoms. The predicted octanol–water partition coefficient (Wildman–Crippen LogP) is 1.89. The van der Waals surface area contributed by atoms with Crippen molar-refractivity contribution in [3.05, 3.63) is 41.2 Å². The zero-order valence-electron chi connectivity index (χ0n) is 13.5. The van der Waals surface area contributed by atoms with Gasteiger partial charge in [0.15, 0.2) is 5.96 Å². The molecule has 0 spiro atoms. The third-order valence-electron chi connectivity index (χ3n) is 3.61. The number of nitrogens with one attached hydrogen (secondary N) is 1. The number of hydrogen-bond donors (Lipinski definition) is 1. The molecule has 0 bridgehead atoms. The van der Waals surface area contributed by atoms with Crippen molar-refractivity contribution in [3.8, 4) is 0 Å². The number of hydrogen-bond acceptors (Lipinski definition) is 2. The van der Waals surface area contributed by atoms with Crippen LogP contribution in [0.25, 0.3) is 0 Å². The van der Waals surface area contributed by atoms with Gasteiger partial charge in [-0.3, -0.25) is 4.99 Å². The molecule has 22 heavy (non-hydrogen) atoms. The number of imidazole rings is 1. The average molecular weight is 323 g/mol. The molecule has 0 atom stereocenters. The van der Waals surface area contributed by atoms with Crippen molar-refractivity contribution >= 4 is 17.6 Å². The van der Waals surface area contributed by atoms with Crippen molar-refractivity contribution in [3.63, 3.8) is 0 Å². The molecular weight excluding hydrogens is 300 g/mol. The minimum Gasteiger partial charge on any atom is -0.354 e. The molecule has 0 aromatic carbocycles. The second kappa shape index (κ2) is 7.35. The molecule has 0 aliphatic heterocycles. The summed E-state index contributed by atoms with van der Waals surface area (Å²) in [5.41, 5.74) is 1.14. The number of guanidine groups is 1. The normalized spacial score (nSPS) is 11.8. The quantitative estimate of drug-likeness (QED) is 0.675. The van der Waals surface area contributed by atoms with E-state index in [0.717, 1.165) is 42.1 Å². The highest BCUT2D eigenvalue weighted by atomic mass is 35.5. The van der Waals surface area contributed by atoms with Crippen LogP contribution >= 0.6 is 11.6 Å². The van der Waals surface area contributed by atoms with Gasteiger partial charge in [-0.2, -0.15) is 0 Å². The first-order valence-electron chi connectivity index (χ1n) is 7.21. The van der Waals surface area contributed by atoms with Crippen LogP contribution in [-0.4, -0.2) is 45.6 Å². The van der Waals surface area contributed by atoms with Crippen molar-refractivity contribution in [2.45, 2.75) is 20.0 Å². The molecule has 6 nitrogen and oxygen atoms in total. The lowest BCUT2D eigenvalue weighted by atomic mass is 10.4. The van der Waals surface area contributed by atoms with Crippen LogP contribution in [0.2, 0.25) is 5.02 Å². The van der Waals surface area contributed by atoms with E-state index in [2.05, 4.69) is 24.8 Å². The molecule has 0 unspecified atom stereocenters. The van der Waals surface area contributed by atoms with Crippen molar-refractivity contribution in [1.29, 1.82) is 0 Å². The number of rotatable bonds is 5. The van der Waals surface area contributed by atoms with E-state index in [-0.39, 0.29) is 0 Å². The second-order valence-corrected chi connectivity index (χ2v) is 5.69. The molecule has 2 aromatic heterocycles.